The van der Waals surface area contributed by atoms with Crippen LogP contribution in [-0.2, 0) is 14.8 Å². The zero-order valence-corrected chi connectivity index (χ0v) is 12.2. The van der Waals surface area contributed by atoms with Crippen LogP contribution in [0.2, 0.25) is 0 Å². The lowest BCUT2D eigenvalue weighted by atomic mass is 10.3. The second-order valence-corrected chi connectivity index (χ2v) is 6.22. The summed E-state index contributed by atoms with van der Waals surface area (Å²) in [6.45, 7) is 0. The lowest BCUT2D eigenvalue weighted by molar-refractivity contribution is -0.119. The fourth-order valence-corrected chi connectivity index (χ4v) is 2.30. The molecule has 0 aliphatic carbocycles. The maximum atomic E-state index is 11.7. The van der Waals surface area contributed by atoms with Crippen LogP contribution in [-0.4, -0.2) is 37.4 Å². The minimum atomic E-state index is -3.62. The van der Waals surface area contributed by atoms with Crippen molar-refractivity contribution in [3.8, 4) is 0 Å². The molecular weight excluding hydrogens is 302 g/mol. The molecule has 2 rings (SSSR count). The summed E-state index contributed by atoms with van der Waals surface area (Å²) in [5, 5.41) is 2.71. The third kappa shape index (κ3) is 3.64. The average Bonchev–Trinajstić information content (AvgIpc) is 2.75. The molecule has 7 nitrogen and oxygen atoms in total. The molecule has 0 saturated carbocycles. The topological polar surface area (TPSA) is 101 Å². The van der Waals surface area contributed by atoms with Gasteiger partial charge in [-0.15, -0.1) is 0 Å². The zero-order chi connectivity index (χ0) is 14.8. The highest BCUT2D eigenvalue weighted by Crippen LogP contribution is 2.18. The molecule has 2 N–H and O–H groups in total. The fourth-order valence-electron chi connectivity index (χ4n) is 1.53. The Labute approximate surface area is 121 Å². The Bertz CT molecular complexity index is 693. The highest BCUT2D eigenvalue weighted by Gasteiger charge is 2.21. The molecule has 0 aliphatic heterocycles. The number of fused-ring (bicyclic) bond motifs is 1. The fraction of sp³-hybridized carbons (Fsp3) is 0.273. The molecule has 1 aromatic carbocycles. The first-order chi connectivity index (χ1) is 9.39. The number of rotatable bonds is 5. The van der Waals surface area contributed by atoms with Crippen LogP contribution < -0.4 is 10.0 Å². The zero-order valence-electron chi connectivity index (χ0n) is 10.5. The smallest absolute Gasteiger partial charge is 0.296 e. The maximum absolute atomic E-state index is 11.7. The van der Waals surface area contributed by atoms with Gasteiger partial charge in [0.15, 0.2) is 5.58 Å². The second kappa shape index (κ2) is 5.71. The molecule has 20 heavy (non-hydrogen) atoms. The van der Waals surface area contributed by atoms with Crippen molar-refractivity contribution in [3.05, 3.63) is 24.3 Å². The summed E-state index contributed by atoms with van der Waals surface area (Å²) in [6, 6.07) is 6.36. The van der Waals surface area contributed by atoms with Gasteiger partial charge in [0.1, 0.15) is 11.6 Å². The van der Waals surface area contributed by atoms with E-state index in [0.717, 1.165) is 6.26 Å². The van der Waals surface area contributed by atoms with Crippen LogP contribution in [0.4, 0.5) is 6.01 Å². The highest BCUT2D eigenvalue weighted by molar-refractivity contribution is 7.89. The SMILES string of the molecule is CS(=O)(=O)NC(=O)C(CS)Nc1nc2ccccc2o1. The number of carbonyl (C=O) groups excluding carboxylic acids is 1. The Morgan fingerprint density at radius 2 is 2.15 bits per heavy atom. The van der Waals surface area contributed by atoms with Crippen LogP contribution in [0.1, 0.15) is 0 Å². The Hall–Kier alpha value is -1.74. The predicted octanol–water partition coefficient (Wildman–Crippen LogP) is 0.614. The molecule has 0 aliphatic rings. The summed E-state index contributed by atoms with van der Waals surface area (Å²) < 4.78 is 29.3. The van der Waals surface area contributed by atoms with Crippen molar-refractivity contribution in [1.82, 2.24) is 9.71 Å². The van der Waals surface area contributed by atoms with E-state index in [1.54, 1.807) is 24.3 Å². The minimum Gasteiger partial charge on any atom is -0.424 e. The van der Waals surface area contributed by atoms with E-state index in [9.17, 15) is 13.2 Å². The van der Waals surface area contributed by atoms with Gasteiger partial charge in [-0.3, -0.25) is 9.52 Å². The van der Waals surface area contributed by atoms with Gasteiger partial charge in [0.05, 0.1) is 6.26 Å². The van der Waals surface area contributed by atoms with Crippen molar-refractivity contribution in [2.24, 2.45) is 0 Å². The lowest BCUT2D eigenvalue weighted by Crippen LogP contribution is -2.43. The third-order valence-electron chi connectivity index (χ3n) is 2.38. The minimum absolute atomic E-state index is 0.0834. The van der Waals surface area contributed by atoms with Gasteiger partial charge < -0.3 is 9.73 Å². The Morgan fingerprint density at radius 3 is 2.75 bits per heavy atom. The average molecular weight is 315 g/mol. The molecule has 9 heteroatoms. The Kier molecular flexibility index (Phi) is 4.19. The molecule has 1 atom stereocenters. The van der Waals surface area contributed by atoms with Gasteiger partial charge in [-0.05, 0) is 12.1 Å². The van der Waals surface area contributed by atoms with Gasteiger partial charge in [-0.2, -0.15) is 17.6 Å². The third-order valence-corrected chi connectivity index (χ3v) is 3.31. The van der Waals surface area contributed by atoms with Crippen LogP contribution >= 0.6 is 12.6 Å². The molecule has 2 aromatic rings. The van der Waals surface area contributed by atoms with Gasteiger partial charge in [0.25, 0.3) is 11.9 Å². The number of carbonyl (C=O) groups is 1. The Balaban J connectivity index is 2.15. The van der Waals surface area contributed by atoms with Gasteiger partial charge in [0, 0.05) is 5.75 Å². The molecule has 1 aromatic heterocycles. The first kappa shape index (κ1) is 14.7. The molecular formula is C11H13N3O4S2. The molecule has 108 valence electrons. The lowest BCUT2D eigenvalue weighted by Gasteiger charge is -2.13. The molecule has 0 saturated heterocycles. The molecule has 0 bridgehead atoms. The van der Waals surface area contributed by atoms with Gasteiger partial charge in [-0.25, -0.2) is 8.42 Å². The van der Waals surface area contributed by atoms with Crippen LogP contribution in [0.15, 0.2) is 28.7 Å². The molecule has 0 radical (unpaired) electrons. The number of nitrogens with zero attached hydrogens (tertiary/aromatic N) is 1. The van der Waals surface area contributed by atoms with E-state index in [4.69, 9.17) is 4.42 Å². The van der Waals surface area contributed by atoms with Crippen molar-refractivity contribution < 1.29 is 17.6 Å². The first-order valence-electron chi connectivity index (χ1n) is 5.63. The van der Waals surface area contributed by atoms with Crippen LogP contribution in [0.3, 0.4) is 0 Å². The predicted molar refractivity (Wildman–Crippen MR) is 78.3 cm³/mol. The largest absolute Gasteiger partial charge is 0.424 e. The summed E-state index contributed by atoms with van der Waals surface area (Å²) in [5.41, 5.74) is 1.20. The summed E-state index contributed by atoms with van der Waals surface area (Å²) >= 11 is 4.01. The first-order valence-corrected chi connectivity index (χ1v) is 8.16. The summed E-state index contributed by atoms with van der Waals surface area (Å²) in [5.74, 6) is -0.634. The normalized spacial score (nSPS) is 13.1. The Morgan fingerprint density at radius 1 is 1.45 bits per heavy atom. The monoisotopic (exact) mass is 315 g/mol. The van der Waals surface area contributed by atoms with Gasteiger partial charge in [-0.1, -0.05) is 12.1 Å². The van der Waals surface area contributed by atoms with Crippen molar-refractivity contribution in [3.63, 3.8) is 0 Å². The maximum Gasteiger partial charge on any atom is 0.296 e. The quantitative estimate of drug-likeness (QED) is 0.699. The van der Waals surface area contributed by atoms with E-state index in [-0.39, 0.29) is 11.8 Å². The number of amides is 1. The number of benzene rings is 1. The van der Waals surface area contributed by atoms with E-state index in [1.165, 1.54) is 0 Å². The van der Waals surface area contributed by atoms with E-state index in [2.05, 4.69) is 22.9 Å². The second-order valence-electron chi connectivity index (χ2n) is 4.10. The van der Waals surface area contributed by atoms with Crippen molar-refractivity contribution in [1.29, 1.82) is 0 Å². The standard InChI is InChI=1S/C11H13N3O4S2/c1-20(16,17)14-10(15)8(6-19)13-11-12-7-4-2-3-5-9(7)18-11/h2-5,8,19H,6H2,1H3,(H,12,13)(H,14,15). The number of aromatic nitrogens is 1. The summed E-state index contributed by atoms with van der Waals surface area (Å²) in [7, 11) is -3.62. The number of sulfonamides is 1. The number of thiol groups is 1. The van der Waals surface area contributed by atoms with Crippen LogP contribution in [0.25, 0.3) is 11.1 Å². The van der Waals surface area contributed by atoms with Crippen molar-refractivity contribution in [2.45, 2.75) is 6.04 Å². The van der Waals surface area contributed by atoms with E-state index in [0.29, 0.717) is 11.1 Å². The van der Waals surface area contributed by atoms with E-state index in [1.807, 2.05) is 4.72 Å². The number of anilines is 1. The van der Waals surface area contributed by atoms with Crippen LogP contribution in [0.5, 0.6) is 0 Å². The molecule has 0 fully saturated rings. The summed E-state index contributed by atoms with van der Waals surface area (Å²) in [6.07, 6.45) is 0.903. The van der Waals surface area contributed by atoms with Crippen LogP contribution in [0, 0.1) is 0 Å². The molecule has 0 spiro atoms. The van der Waals surface area contributed by atoms with Crippen molar-refractivity contribution >= 4 is 45.7 Å². The number of hydrogen-bond acceptors (Lipinski definition) is 7. The number of nitrogens with one attached hydrogen (secondary N) is 2. The van der Waals surface area contributed by atoms with Gasteiger partial charge >= 0.3 is 0 Å². The molecule has 1 amide bonds. The van der Waals surface area contributed by atoms with E-state index >= 15 is 0 Å². The highest BCUT2D eigenvalue weighted by atomic mass is 32.2. The number of hydrogen-bond donors (Lipinski definition) is 3. The summed E-state index contributed by atoms with van der Waals surface area (Å²) in [4.78, 5) is 15.9. The van der Waals surface area contributed by atoms with Gasteiger partial charge in [0.2, 0.25) is 10.0 Å². The number of para-hydroxylation sites is 2. The van der Waals surface area contributed by atoms with E-state index < -0.39 is 22.0 Å². The molecule has 1 unspecified atom stereocenters. The number of oxazole rings is 1. The van der Waals surface area contributed by atoms with Crippen molar-refractivity contribution in [2.75, 3.05) is 17.3 Å². The molecule has 1 heterocycles.